The van der Waals surface area contributed by atoms with Gasteiger partial charge in [0.25, 0.3) is 0 Å². The number of furan rings is 1. The lowest BCUT2D eigenvalue weighted by Gasteiger charge is -2.51. The second kappa shape index (κ2) is 8.55. The Morgan fingerprint density at radius 3 is 2.59 bits per heavy atom. The average molecular weight is 396 g/mol. The van der Waals surface area contributed by atoms with Gasteiger partial charge in [0.15, 0.2) is 0 Å². The number of hydrogen-bond acceptors (Lipinski definition) is 4. The molecule has 0 unspecified atom stereocenters. The van der Waals surface area contributed by atoms with E-state index in [4.69, 9.17) is 9.15 Å². The number of nitrogens with one attached hydrogen (secondary N) is 1. The van der Waals surface area contributed by atoms with Crippen LogP contribution in [0.15, 0.2) is 65.8 Å². The Balaban J connectivity index is 1.76. The van der Waals surface area contributed by atoms with E-state index in [-0.39, 0.29) is 24.0 Å². The minimum absolute atomic E-state index is 0.0328. The Labute approximate surface area is 171 Å². The third-order valence-electron chi connectivity index (χ3n) is 5.18. The second-order valence-electron chi connectivity index (χ2n) is 8.32. The summed E-state index contributed by atoms with van der Waals surface area (Å²) in [5, 5.41) is 2.94. The molecular formula is C23H28N2O4. The van der Waals surface area contributed by atoms with Gasteiger partial charge >= 0.3 is 6.09 Å². The van der Waals surface area contributed by atoms with Crippen molar-refractivity contribution in [3.05, 3.63) is 72.7 Å². The molecule has 3 rings (SSSR count). The van der Waals surface area contributed by atoms with E-state index in [1.807, 2.05) is 57.2 Å². The van der Waals surface area contributed by atoms with Crippen molar-refractivity contribution in [3.8, 4) is 0 Å². The topological polar surface area (TPSA) is 71.8 Å². The summed E-state index contributed by atoms with van der Waals surface area (Å²) in [7, 11) is 0. The van der Waals surface area contributed by atoms with E-state index in [0.29, 0.717) is 12.3 Å². The molecule has 1 fully saturated rings. The van der Waals surface area contributed by atoms with Crippen LogP contribution >= 0.6 is 0 Å². The van der Waals surface area contributed by atoms with Crippen LogP contribution in [0.4, 0.5) is 4.79 Å². The molecule has 1 N–H and O–H groups in total. The molecule has 2 aromatic rings. The van der Waals surface area contributed by atoms with Crippen molar-refractivity contribution in [3.63, 3.8) is 0 Å². The lowest BCUT2D eigenvalue weighted by Crippen LogP contribution is -2.65. The zero-order valence-electron chi connectivity index (χ0n) is 17.1. The summed E-state index contributed by atoms with van der Waals surface area (Å²) >= 11 is 0. The zero-order chi connectivity index (χ0) is 21.0. The smallest absolute Gasteiger partial charge is 0.407 e. The van der Waals surface area contributed by atoms with Crippen molar-refractivity contribution in [1.29, 1.82) is 0 Å². The predicted octanol–water partition coefficient (Wildman–Crippen LogP) is 4.31. The lowest BCUT2D eigenvalue weighted by atomic mass is 9.70. The summed E-state index contributed by atoms with van der Waals surface area (Å²) in [5.41, 5.74) is 0.539. The fourth-order valence-electron chi connectivity index (χ4n) is 3.77. The van der Waals surface area contributed by atoms with Crippen molar-refractivity contribution in [2.45, 2.75) is 39.5 Å². The van der Waals surface area contributed by atoms with Crippen LogP contribution in [-0.4, -0.2) is 29.5 Å². The molecule has 1 aliphatic heterocycles. The van der Waals surface area contributed by atoms with Crippen molar-refractivity contribution in [2.75, 3.05) is 6.54 Å². The highest BCUT2D eigenvalue weighted by Crippen LogP contribution is 2.45. The third-order valence-corrected chi connectivity index (χ3v) is 5.18. The van der Waals surface area contributed by atoms with Gasteiger partial charge in [-0.2, -0.15) is 0 Å². The number of likely N-dealkylation sites (tertiary alicyclic amines) is 1. The summed E-state index contributed by atoms with van der Waals surface area (Å²) in [4.78, 5) is 27.2. The van der Waals surface area contributed by atoms with E-state index in [9.17, 15) is 9.59 Å². The maximum atomic E-state index is 13.0. The number of amides is 2. The Morgan fingerprint density at radius 1 is 1.28 bits per heavy atom. The first-order valence-corrected chi connectivity index (χ1v) is 9.75. The third kappa shape index (κ3) is 4.53. The number of ether oxygens (including phenoxy) is 1. The van der Waals surface area contributed by atoms with Crippen LogP contribution in [-0.2, 0) is 16.1 Å². The minimum Gasteiger partial charge on any atom is -0.467 e. The summed E-state index contributed by atoms with van der Waals surface area (Å²) in [6.45, 7) is 10.3. The first kappa shape index (κ1) is 20.7. The summed E-state index contributed by atoms with van der Waals surface area (Å²) in [6.07, 6.45) is 2.74. The van der Waals surface area contributed by atoms with E-state index < -0.39 is 18.1 Å². The van der Waals surface area contributed by atoms with Crippen LogP contribution in [0, 0.1) is 11.3 Å². The van der Waals surface area contributed by atoms with E-state index in [0.717, 1.165) is 5.56 Å². The van der Waals surface area contributed by atoms with Crippen LogP contribution in [0.2, 0.25) is 0 Å². The fraction of sp³-hybridized carbons (Fsp3) is 0.391. The van der Waals surface area contributed by atoms with Crippen LogP contribution in [0.5, 0.6) is 0 Å². The monoisotopic (exact) mass is 396 g/mol. The number of carbonyl (C=O) groups excluding carboxylic acids is 2. The number of alkyl carbamates (subject to hydrolysis) is 1. The molecule has 6 nitrogen and oxygen atoms in total. The molecule has 0 saturated carbocycles. The highest BCUT2D eigenvalue weighted by molar-refractivity contribution is 5.88. The molecular weight excluding hydrogens is 368 g/mol. The van der Waals surface area contributed by atoms with Crippen LogP contribution in [0.3, 0.4) is 0 Å². The zero-order valence-corrected chi connectivity index (χ0v) is 17.1. The molecule has 29 heavy (non-hydrogen) atoms. The van der Waals surface area contributed by atoms with Gasteiger partial charge in [0, 0.05) is 6.54 Å². The Kier molecular flexibility index (Phi) is 6.11. The van der Waals surface area contributed by atoms with Crippen LogP contribution in [0.1, 0.15) is 38.1 Å². The van der Waals surface area contributed by atoms with Gasteiger partial charge in [-0.1, -0.05) is 57.2 Å². The number of β-lactam (4-membered cyclic amide) rings is 1. The fourth-order valence-corrected chi connectivity index (χ4v) is 3.77. The van der Waals surface area contributed by atoms with Crippen molar-refractivity contribution >= 4 is 12.0 Å². The summed E-state index contributed by atoms with van der Waals surface area (Å²) in [5.74, 6) is 0.227. The van der Waals surface area contributed by atoms with Gasteiger partial charge in [0.1, 0.15) is 18.4 Å². The molecule has 154 valence electrons. The van der Waals surface area contributed by atoms with Crippen molar-refractivity contribution < 1.29 is 18.7 Å². The molecule has 1 aromatic heterocycles. The number of benzene rings is 1. The standard InChI is InChI=1S/C23H28N2O4/c1-5-13-25-19(17-12-9-14-28-17)18(21(25)26)20(23(2,3)4)24-22(27)29-15-16-10-7-6-8-11-16/h5-12,14,18-20H,1,13,15H2,2-4H3,(H,24,27)/t18-,19+,20-/m1/s1. The Morgan fingerprint density at radius 2 is 2.00 bits per heavy atom. The minimum atomic E-state index is -0.540. The van der Waals surface area contributed by atoms with Crippen LogP contribution < -0.4 is 5.32 Å². The molecule has 0 bridgehead atoms. The molecule has 1 saturated heterocycles. The second-order valence-corrected chi connectivity index (χ2v) is 8.32. The van der Waals surface area contributed by atoms with Gasteiger partial charge in [-0.05, 0) is 23.1 Å². The molecule has 0 aliphatic carbocycles. The van der Waals surface area contributed by atoms with Crippen molar-refractivity contribution in [1.82, 2.24) is 10.2 Å². The van der Waals surface area contributed by atoms with Gasteiger partial charge in [0.05, 0.1) is 18.2 Å². The van der Waals surface area contributed by atoms with Gasteiger partial charge in [-0.3, -0.25) is 4.79 Å². The van der Waals surface area contributed by atoms with E-state index in [1.54, 1.807) is 23.3 Å². The highest BCUT2D eigenvalue weighted by Gasteiger charge is 2.55. The first-order chi connectivity index (χ1) is 13.8. The summed E-state index contributed by atoms with van der Waals surface area (Å²) < 4.78 is 11.0. The predicted molar refractivity (Wildman–Crippen MR) is 110 cm³/mol. The molecule has 0 spiro atoms. The van der Waals surface area contributed by atoms with Gasteiger partial charge in [-0.15, -0.1) is 6.58 Å². The molecule has 1 aliphatic rings. The summed E-state index contributed by atoms with van der Waals surface area (Å²) in [6, 6.07) is 12.5. The number of rotatable bonds is 7. The lowest BCUT2D eigenvalue weighted by molar-refractivity contribution is -0.162. The van der Waals surface area contributed by atoms with Crippen molar-refractivity contribution in [2.24, 2.45) is 11.3 Å². The molecule has 6 heteroatoms. The Bertz CT molecular complexity index is 840. The van der Waals surface area contributed by atoms with E-state index in [2.05, 4.69) is 11.9 Å². The van der Waals surface area contributed by atoms with E-state index in [1.165, 1.54) is 0 Å². The average Bonchev–Trinajstić information content (AvgIpc) is 3.21. The first-order valence-electron chi connectivity index (χ1n) is 9.75. The largest absolute Gasteiger partial charge is 0.467 e. The van der Waals surface area contributed by atoms with E-state index >= 15 is 0 Å². The normalized spacial score (nSPS) is 20.0. The molecule has 0 radical (unpaired) electrons. The molecule has 3 atom stereocenters. The molecule has 2 heterocycles. The van der Waals surface area contributed by atoms with Gasteiger partial charge in [-0.25, -0.2) is 4.79 Å². The molecule has 2 amide bonds. The number of nitrogens with zero attached hydrogens (tertiary/aromatic N) is 1. The molecule has 1 aromatic carbocycles. The number of hydrogen-bond donors (Lipinski definition) is 1. The van der Waals surface area contributed by atoms with Gasteiger partial charge in [0.2, 0.25) is 5.91 Å². The maximum Gasteiger partial charge on any atom is 0.407 e. The Hall–Kier alpha value is -3.02. The van der Waals surface area contributed by atoms with Crippen LogP contribution in [0.25, 0.3) is 0 Å². The quantitative estimate of drug-likeness (QED) is 0.559. The van der Waals surface area contributed by atoms with Gasteiger partial charge < -0.3 is 19.4 Å². The highest BCUT2D eigenvalue weighted by atomic mass is 16.5. The maximum absolute atomic E-state index is 13.0. The SMILES string of the molecule is C=CCN1C(=O)[C@@H]([C@@H](NC(=O)OCc2ccccc2)C(C)(C)C)[C@@H]1c1ccco1. The number of carbonyl (C=O) groups is 2.